The van der Waals surface area contributed by atoms with Gasteiger partial charge in [0.05, 0.1) is 0 Å². The number of amides is 3. The fourth-order valence-electron chi connectivity index (χ4n) is 2.96. The lowest BCUT2D eigenvalue weighted by Gasteiger charge is -2.23. The number of nitrogens with zero attached hydrogens (tertiary/aromatic N) is 1. The van der Waals surface area contributed by atoms with Crippen LogP contribution in [0.25, 0.3) is 0 Å². The Balaban J connectivity index is 1.84. The standard InChI is InChI=1S/C20H29N3O4/c1-15(2)18(22-20(26)21-16-10-6-5-7-11-16)19(25)27-14-17(24)23-12-8-3-4-9-13-23/h5-7,10-11,15,18H,3-4,8-9,12-14H2,1-2H3,(H2,21,22,26)/t18-/m0/s1. The summed E-state index contributed by atoms with van der Waals surface area (Å²) in [6.45, 7) is 4.75. The van der Waals surface area contributed by atoms with Gasteiger partial charge < -0.3 is 20.3 Å². The highest BCUT2D eigenvalue weighted by atomic mass is 16.5. The monoisotopic (exact) mass is 375 g/mol. The molecule has 1 aliphatic rings. The van der Waals surface area contributed by atoms with Crippen molar-refractivity contribution in [2.75, 3.05) is 25.0 Å². The van der Waals surface area contributed by atoms with Gasteiger partial charge in [0.15, 0.2) is 6.61 Å². The van der Waals surface area contributed by atoms with E-state index in [0.29, 0.717) is 18.8 Å². The summed E-state index contributed by atoms with van der Waals surface area (Å²) < 4.78 is 5.20. The Morgan fingerprint density at radius 2 is 1.67 bits per heavy atom. The molecule has 1 aliphatic heterocycles. The molecule has 7 heteroatoms. The van der Waals surface area contributed by atoms with Crippen molar-refractivity contribution in [1.82, 2.24) is 10.2 Å². The minimum absolute atomic E-state index is 0.174. The van der Waals surface area contributed by atoms with Gasteiger partial charge in [-0.25, -0.2) is 9.59 Å². The van der Waals surface area contributed by atoms with Crippen LogP contribution in [-0.2, 0) is 14.3 Å². The zero-order valence-electron chi connectivity index (χ0n) is 16.1. The first-order chi connectivity index (χ1) is 13.0. The highest BCUT2D eigenvalue weighted by molar-refractivity contribution is 5.93. The topological polar surface area (TPSA) is 87.7 Å². The number of hydrogen-bond donors (Lipinski definition) is 2. The van der Waals surface area contributed by atoms with Crippen molar-refractivity contribution in [2.45, 2.75) is 45.6 Å². The second kappa shape index (κ2) is 10.5. The summed E-state index contributed by atoms with van der Waals surface area (Å²) in [4.78, 5) is 38.6. The molecule has 2 rings (SSSR count). The van der Waals surface area contributed by atoms with E-state index in [1.807, 2.05) is 19.9 Å². The fourth-order valence-corrected chi connectivity index (χ4v) is 2.96. The molecule has 1 atom stereocenters. The molecule has 0 aromatic heterocycles. The smallest absolute Gasteiger partial charge is 0.329 e. The van der Waals surface area contributed by atoms with Crippen LogP contribution in [0, 0.1) is 5.92 Å². The van der Waals surface area contributed by atoms with Crippen LogP contribution in [0.3, 0.4) is 0 Å². The van der Waals surface area contributed by atoms with Crippen molar-refractivity contribution in [3.05, 3.63) is 30.3 Å². The van der Waals surface area contributed by atoms with Gasteiger partial charge in [0, 0.05) is 18.8 Å². The summed E-state index contributed by atoms with van der Waals surface area (Å²) in [6.07, 6.45) is 4.21. The molecule has 0 spiro atoms. The number of carbonyl (C=O) groups is 3. The molecule has 0 saturated carbocycles. The van der Waals surface area contributed by atoms with E-state index in [2.05, 4.69) is 10.6 Å². The number of anilines is 1. The minimum Gasteiger partial charge on any atom is -0.454 e. The lowest BCUT2D eigenvalue weighted by molar-refractivity contribution is -0.154. The average Bonchev–Trinajstić information content (AvgIpc) is 2.94. The van der Waals surface area contributed by atoms with Crippen molar-refractivity contribution in [3.63, 3.8) is 0 Å². The number of benzene rings is 1. The van der Waals surface area contributed by atoms with E-state index in [0.717, 1.165) is 25.7 Å². The molecule has 1 saturated heterocycles. The van der Waals surface area contributed by atoms with Crippen LogP contribution in [0.2, 0.25) is 0 Å². The molecule has 148 valence electrons. The van der Waals surface area contributed by atoms with Gasteiger partial charge in [0.1, 0.15) is 6.04 Å². The average molecular weight is 375 g/mol. The molecule has 1 fully saturated rings. The summed E-state index contributed by atoms with van der Waals surface area (Å²) in [5.74, 6) is -0.954. The van der Waals surface area contributed by atoms with Gasteiger partial charge in [-0.3, -0.25) is 4.79 Å². The van der Waals surface area contributed by atoms with E-state index in [1.165, 1.54) is 0 Å². The van der Waals surface area contributed by atoms with Crippen molar-refractivity contribution in [2.24, 2.45) is 5.92 Å². The van der Waals surface area contributed by atoms with Crippen molar-refractivity contribution in [1.29, 1.82) is 0 Å². The predicted molar refractivity (Wildman–Crippen MR) is 103 cm³/mol. The third kappa shape index (κ3) is 6.92. The molecule has 0 unspecified atom stereocenters. The number of para-hydroxylation sites is 1. The minimum atomic E-state index is -0.828. The van der Waals surface area contributed by atoms with E-state index in [4.69, 9.17) is 4.74 Å². The number of esters is 1. The quantitative estimate of drug-likeness (QED) is 0.749. The third-order valence-electron chi connectivity index (χ3n) is 4.54. The van der Waals surface area contributed by atoms with Crippen LogP contribution in [0.1, 0.15) is 39.5 Å². The lowest BCUT2D eigenvalue weighted by Crippen LogP contribution is -2.47. The van der Waals surface area contributed by atoms with Crippen LogP contribution >= 0.6 is 0 Å². The lowest BCUT2D eigenvalue weighted by atomic mass is 10.1. The SMILES string of the molecule is CC(C)[C@H](NC(=O)Nc1ccccc1)C(=O)OCC(=O)N1CCCCCC1. The Kier molecular flexibility index (Phi) is 8.10. The Morgan fingerprint density at radius 1 is 1.04 bits per heavy atom. The normalized spacial score (nSPS) is 15.6. The van der Waals surface area contributed by atoms with Gasteiger partial charge in [-0.15, -0.1) is 0 Å². The molecular weight excluding hydrogens is 346 g/mol. The molecular formula is C20H29N3O4. The summed E-state index contributed by atoms with van der Waals surface area (Å²) in [5, 5.41) is 5.30. The number of rotatable bonds is 6. The number of likely N-dealkylation sites (tertiary alicyclic amines) is 1. The predicted octanol–water partition coefficient (Wildman–Crippen LogP) is 2.78. The molecule has 1 aromatic rings. The molecule has 0 aliphatic carbocycles. The van der Waals surface area contributed by atoms with Crippen LogP contribution < -0.4 is 10.6 Å². The summed E-state index contributed by atoms with van der Waals surface area (Å²) in [5.41, 5.74) is 0.627. The highest BCUT2D eigenvalue weighted by Gasteiger charge is 2.27. The zero-order valence-corrected chi connectivity index (χ0v) is 16.1. The van der Waals surface area contributed by atoms with Crippen molar-refractivity contribution in [3.8, 4) is 0 Å². The van der Waals surface area contributed by atoms with Gasteiger partial charge in [0.2, 0.25) is 0 Å². The van der Waals surface area contributed by atoms with Crippen LogP contribution in [0.4, 0.5) is 10.5 Å². The maximum Gasteiger partial charge on any atom is 0.329 e. The Hall–Kier alpha value is -2.57. The number of nitrogens with one attached hydrogen (secondary N) is 2. The van der Waals surface area contributed by atoms with E-state index < -0.39 is 18.0 Å². The van der Waals surface area contributed by atoms with Gasteiger partial charge in [-0.2, -0.15) is 0 Å². The fraction of sp³-hybridized carbons (Fsp3) is 0.550. The van der Waals surface area contributed by atoms with Crippen LogP contribution in [0.5, 0.6) is 0 Å². The first-order valence-corrected chi connectivity index (χ1v) is 9.54. The maximum atomic E-state index is 12.4. The van der Waals surface area contributed by atoms with Crippen molar-refractivity contribution < 1.29 is 19.1 Å². The first kappa shape index (κ1) is 20.7. The molecule has 0 bridgehead atoms. The number of ether oxygens (including phenoxy) is 1. The van der Waals surface area contributed by atoms with Crippen molar-refractivity contribution >= 4 is 23.6 Å². The van der Waals surface area contributed by atoms with Crippen LogP contribution in [0.15, 0.2) is 30.3 Å². The zero-order chi connectivity index (χ0) is 19.6. The third-order valence-corrected chi connectivity index (χ3v) is 4.54. The van der Waals surface area contributed by atoms with E-state index in [1.54, 1.807) is 29.2 Å². The molecule has 1 heterocycles. The van der Waals surface area contributed by atoms with Crippen LogP contribution in [-0.4, -0.2) is 48.5 Å². The summed E-state index contributed by atoms with van der Waals surface area (Å²) in [6, 6.07) is 7.64. The Labute approximate surface area is 160 Å². The Morgan fingerprint density at radius 3 is 2.26 bits per heavy atom. The van der Waals surface area contributed by atoms with E-state index >= 15 is 0 Å². The molecule has 0 radical (unpaired) electrons. The molecule has 2 N–H and O–H groups in total. The number of carbonyl (C=O) groups excluding carboxylic acids is 3. The molecule has 27 heavy (non-hydrogen) atoms. The molecule has 3 amide bonds. The van der Waals surface area contributed by atoms with Gasteiger partial charge in [-0.1, -0.05) is 44.9 Å². The largest absolute Gasteiger partial charge is 0.454 e. The first-order valence-electron chi connectivity index (χ1n) is 9.54. The second-order valence-corrected chi connectivity index (χ2v) is 7.09. The Bertz CT molecular complexity index is 625. The number of urea groups is 1. The maximum absolute atomic E-state index is 12.4. The van der Waals surface area contributed by atoms with E-state index in [-0.39, 0.29) is 18.4 Å². The van der Waals surface area contributed by atoms with Gasteiger partial charge in [0.25, 0.3) is 5.91 Å². The van der Waals surface area contributed by atoms with Gasteiger partial charge >= 0.3 is 12.0 Å². The summed E-state index contributed by atoms with van der Waals surface area (Å²) >= 11 is 0. The summed E-state index contributed by atoms with van der Waals surface area (Å²) in [7, 11) is 0. The number of hydrogen-bond acceptors (Lipinski definition) is 4. The second-order valence-electron chi connectivity index (χ2n) is 7.09. The van der Waals surface area contributed by atoms with E-state index in [9.17, 15) is 14.4 Å². The highest BCUT2D eigenvalue weighted by Crippen LogP contribution is 2.11. The van der Waals surface area contributed by atoms with Gasteiger partial charge in [-0.05, 0) is 30.9 Å². The molecule has 1 aromatic carbocycles. The molecule has 7 nitrogen and oxygen atoms in total.